The van der Waals surface area contributed by atoms with Gasteiger partial charge >= 0.3 is 6.03 Å². The van der Waals surface area contributed by atoms with E-state index in [0.717, 1.165) is 29.8 Å². The third-order valence-corrected chi connectivity index (χ3v) is 5.27. The highest BCUT2D eigenvalue weighted by Crippen LogP contribution is 2.35. The number of nitrogens with zero attached hydrogens (tertiary/aromatic N) is 4. The van der Waals surface area contributed by atoms with Gasteiger partial charge in [0, 0.05) is 18.0 Å². The van der Waals surface area contributed by atoms with Crippen LogP contribution in [0.4, 0.5) is 4.79 Å². The molecule has 0 saturated heterocycles. The molecule has 146 valence electrons. The second-order valence-electron chi connectivity index (χ2n) is 7.32. The summed E-state index contributed by atoms with van der Waals surface area (Å²) in [6.07, 6.45) is 9.25. The number of aromatic nitrogens is 2. The zero-order valence-corrected chi connectivity index (χ0v) is 16.6. The summed E-state index contributed by atoms with van der Waals surface area (Å²) in [4.78, 5) is 22.6. The first-order valence-electron chi connectivity index (χ1n) is 9.99. The van der Waals surface area contributed by atoms with Crippen LogP contribution in [0.1, 0.15) is 30.9 Å². The molecule has 2 aromatic carbocycles. The number of allylic oxidation sites excluding steroid dienone is 2. The van der Waals surface area contributed by atoms with Crippen LogP contribution in [0.25, 0.3) is 0 Å². The van der Waals surface area contributed by atoms with Crippen molar-refractivity contribution in [1.29, 1.82) is 0 Å². The summed E-state index contributed by atoms with van der Waals surface area (Å²) < 4.78 is 1.62. The molecule has 0 N–H and O–H groups in total. The van der Waals surface area contributed by atoms with Gasteiger partial charge in [-0.1, -0.05) is 74.0 Å². The number of carbonyl (C=O) groups is 1. The third kappa shape index (κ3) is 3.82. The van der Waals surface area contributed by atoms with E-state index < -0.39 is 0 Å². The molecule has 29 heavy (non-hydrogen) atoms. The van der Waals surface area contributed by atoms with Crippen molar-refractivity contribution < 1.29 is 9.28 Å². The van der Waals surface area contributed by atoms with Gasteiger partial charge in [-0.3, -0.25) is 0 Å². The molecule has 1 aromatic heterocycles. The molecule has 1 aliphatic heterocycles. The van der Waals surface area contributed by atoms with E-state index in [4.69, 9.17) is 4.99 Å². The number of hydrogen-bond acceptors (Lipinski definition) is 3. The fourth-order valence-electron chi connectivity index (χ4n) is 3.84. The summed E-state index contributed by atoms with van der Waals surface area (Å²) in [6, 6.07) is 20.4. The molecule has 4 rings (SSSR count). The molecule has 1 atom stereocenters. The molecule has 5 nitrogen and oxygen atoms in total. The highest BCUT2D eigenvalue weighted by molar-refractivity contribution is 5.81. The number of hydrogen-bond donors (Lipinski definition) is 0. The van der Waals surface area contributed by atoms with Gasteiger partial charge in [-0.15, -0.1) is 0 Å². The van der Waals surface area contributed by atoms with E-state index in [1.807, 2.05) is 42.7 Å². The van der Waals surface area contributed by atoms with Crippen LogP contribution < -0.4 is 0 Å². The Hall–Kier alpha value is -3.31. The van der Waals surface area contributed by atoms with Crippen molar-refractivity contribution in [2.24, 2.45) is 4.99 Å². The first-order valence-corrected chi connectivity index (χ1v) is 9.99. The monoisotopic (exact) mass is 385 g/mol. The van der Waals surface area contributed by atoms with Crippen molar-refractivity contribution in [2.75, 3.05) is 0 Å². The van der Waals surface area contributed by atoms with Crippen LogP contribution >= 0.6 is 0 Å². The van der Waals surface area contributed by atoms with E-state index in [-0.39, 0.29) is 10.5 Å². The standard InChI is InChI=1S/C24H25N4O/c1-2-9-22-23(16-20-10-5-3-6-11-20)28(19-26-22,17-21-12-7-4-8-13-21)24(29)27-15-14-25-18-27/h3-8,10-15,18-19H,2,9,16-17H2,1H3/q+1. The second-order valence-corrected chi connectivity index (χ2v) is 7.32. The Morgan fingerprint density at radius 1 is 1.00 bits per heavy atom. The van der Waals surface area contributed by atoms with E-state index in [1.54, 1.807) is 23.3 Å². The third-order valence-electron chi connectivity index (χ3n) is 5.27. The maximum absolute atomic E-state index is 13.8. The Morgan fingerprint density at radius 2 is 1.69 bits per heavy atom. The van der Waals surface area contributed by atoms with Gasteiger partial charge in [0.05, 0.1) is 6.42 Å². The zero-order chi connectivity index (χ0) is 20.1. The average Bonchev–Trinajstić information content (AvgIpc) is 3.40. The number of imidazole rings is 1. The number of quaternary nitrogens is 1. The summed E-state index contributed by atoms with van der Waals surface area (Å²) in [7, 11) is 0. The summed E-state index contributed by atoms with van der Waals surface area (Å²) in [5.74, 6) is 0. The van der Waals surface area contributed by atoms with Crippen LogP contribution in [0.3, 0.4) is 0 Å². The maximum atomic E-state index is 13.8. The van der Waals surface area contributed by atoms with Gasteiger partial charge in [0.2, 0.25) is 6.34 Å². The number of rotatable bonds is 6. The van der Waals surface area contributed by atoms with Crippen molar-refractivity contribution in [3.05, 3.63) is 102 Å². The van der Waals surface area contributed by atoms with Crippen LogP contribution in [-0.2, 0) is 13.0 Å². The molecular formula is C24H25N4O+. The Labute approximate surface area is 171 Å². The lowest BCUT2D eigenvalue weighted by Crippen LogP contribution is -2.51. The predicted octanol–water partition coefficient (Wildman–Crippen LogP) is 5.16. The summed E-state index contributed by atoms with van der Waals surface area (Å²) >= 11 is 0. The maximum Gasteiger partial charge on any atom is 0.439 e. The molecule has 2 heterocycles. The van der Waals surface area contributed by atoms with E-state index in [1.165, 1.54) is 5.56 Å². The number of amides is 1. The molecule has 1 aliphatic rings. The Kier molecular flexibility index (Phi) is 5.49. The van der Waals surface area contributed by atoms with Gasteiger partial charge in [0.1, 0.15) is 18.6 Å². The molecule has 0 fully saturated rings. The minimum absolute atomic E-state index is 0.0601. The van der Waals surface area contributed by atoms with Crippen LogP contribution in [0.5, 0.6) is 0 Å². The smallest absolute Gasteiger partial charge is 0.245 e. The molecule has 0 aliphatic carbocycles. The fourth-order valence-corrected chi connectivity index (χ4v) is 3.84. The summed E-state index contributed by atoms with van der Waals surface area (Å²) in [5, 5.41) is 0. The molecule has 1 amide bonds. The highest BCUT2D eigenvalue weighted by atomic mass is 16.2. The largest absolute Gasteiger partial charge is 0.439 e. The van der Waals surface area contributed by atoms with E-state index in [2.05, 4.69) is 36.2 Å². The van der Waals surface area contributed by atoms with Gasteiger partial charge in [-0.05, 0) is 12.0 Å². The Balaban J connectivity index is 1.83. The van der Waals surface area contributed by atoms with Gasteiger partial charge in [0.25, 0.3) is 0 Å². The number of benzene rings is 2. The zero-order valence-electron chi connectivity index (χ0n) is 16.6. The van der Waals surface area contributed by atoms with Gasteiger partial charge in [-0.25, -0.2) is 19.3 Å². The molecule has 0 saturated carbocycles. The molecule has 3 aromatic rings. The molecule has 0 radical (unpaired) electrons. The average molecular weight is 385 g/mol. The molecule has 0 spiro atoms. The first-order chi connectivity index (χ1) is 14.2. The van der Waals surface area contributed by atoms with Gasteiger partial charge < -0.3 is 0 Å². The van der Waals surface area contributed by atoms with Crippen LogP contribution in [0, 0.1) is 0 Å². The van der Waals surface area contributed by atoms with E-state index >= 15 is 0 Å². The highest BCUT2D eigenvalue weighted by Gasteiger charge is 2.46. The van der Waals surface area contributed by atoms with E-state index in [0.29, 0.717) is 13.0 Å². The van der Waals surface area contributed by atoms with Crippen molar-refractivity contribution in [3.63, 3.8) is 0 Å². The molecule has 1 unspecified atom stereocenters. The summed E-state index contributed by atoms with van der Waals surface area (Å²) in [6.45, 7) is 2.67. The van der Waals surface area contributed by atoms with Gasteiger partial charge in [0.15, 0.2) is 5.70 Å². The van der Waals surface area contributed by atoms with Gasteiger partial charge in [-0.2, -0.15) is 4.48 Å². The topological polar surface area (TPSA) is 47.2 Å². The van der Waals surface area contributed by atoms with E-state index in [9.17, 15) is 4.79 Å². The lowest BCUT2D eigenvalue weighted by Gasteiger charge is -2.30. The van der Waals surface area contributed by atoms with Crippen molar-refractivity contribution in [2.45, 2.75) is 32.7 Å². The minimum atomic E-state index is -0.0628. The molecule has 0 bridgehead atoms. The minimum Gasteiger partial charge on any atom is -0.245 e. The number of carbonyl (C=O) groups excluding carboxylic acids is 1. The van der Waals surface area contributed by atoms with Crippen LogP contribution in [0.15, 0.2) is 95.8 Å². The SMILES string of the molecule is CCCC1=C(Cc2ccccc2)[N+](Cc2ccccc2)(C(=O)n2ccnc2)C=N1. The fraction of sp³-hybridized carbons (Fsp3) is 0.208. The van der Waals surface area contributed by atoms with Crippen molar-refractivity contribution in [3.8, 4) is 0 Å². The quantitative estimate of drug-likeness (QED) is 0.550. The predicted molar refractivity (Wildman–Crippen MR) is 114 cm³/mol. The first kappa shape index (κ1) is 19.0. The van der Waals surface area contributed by atoms with Crippen LogP contribution in [-0.4, -0.2) is 26.4 Å². The molecule has 5 heteroatoms. The van der Waals surface area contributed by atoms with Crippen molar-refractivity contribution in [1.82, 2.24) is 9.55 Å². The van der Waals surface area contributed by atoms with Crippen molar-refractivity contribution >= 4 is 12.4 Å². The summed E-state index contributed by atoms with van der Waals surface area (Å²) in [5.41, 5.74) is 4.33. The Bertz CT molecular complexity index is 1020. The van der Waals surface area contributed by atoms with Crippen LogP contribution in [0.2, 0.25) is 0 Å². The Morgan fingerprint density at radius 3 is 2.31 bits per heavy atom. The normalized spacial score (nSPS) is 18.4. The lowest BCUT2D eigenvalue weighted by atomic mass is 10.0. The lowest BCUT2D eigenvalue weighted by molar-refractivity contribution is -0.723. The number of aliphatic imine (C=N–C) groups is 1. The molecular weight excluding hydrogens is 360 g/mol. The second kappa shape index (κ2) is 8.37.